The summed E-state index contributed by atoms with van der Waals surface area (Å²) >= 11 is 0. The molecule has 0 amide bonds. The van der Waals surface area contributed by atoms with Gasteiger partial charge in [0.1, 0.15) is 0 Å². The minimum atomic E-state index is 0.842. The minimum absolute atomic E-state index is 0.842. The highest BCUT2D eigenvalue weighted by atomic mass is 15.3. The highest BCUT2D eigenvalue weighted by molar-refractivity contribution is 5.15. The molecule has 2 aromatic rings. The predicted molar refractivity (Wildman–Crippen MR) is 66.4 cm³/mol. The third-order valence-electron chi connectivity index (χ3n) is 2.99. The second-order valence-electron chi connectivity index (χ2n) is 4.19. The zero-order chi connectivity index (χ0) is 12.3. The fourth-order valence-electron chi connectivity index (χ4n) is 1.73. The number of nitrogens with zero attached hydrogens (tertiary/aromatic N) is 4. The Morgan fingerprint density at radius 1 is 1.24 bits per heavy atom. The number of aromatic nitrogens is 4. The van der Waals surface area contributed by atoms with Crippen molar-refractivity contribution >= 4 is 0 Å². The lowest BCUT2D eigenvalue weighted by molar-refractivity contribution is 0.655. The molecule has 0 fully saturated rings. The van der Waals surface area contributed by atoms with Crippen molar-refractivity contribution in [3.63, 3.8) is 0 Å². The predicted octanol–water partition coefficient (Wildman–Crippen LogP) is 1.23. The van der Waals surface area contributed by atoms with Gasteiger partial charge in [-0.3, -0.25) is 9.36 Å². The molecule has 2 rings (SSSR count). The van der Waals surface area contributed by atoms with Crippen LogP contribution >= 0.6 is 0 Å². The Morgan fingerprint density at radius 3 is 2.65 bits per heavy atom. The quantitative estimate of drug-likeness (QED) is 0.845. The van der Waals surface area contributed by atoms with Crippen LogP contribution in [0.3, 0.4) is 0 Å². The smallest absolute Gasteiger partial charge is 0.0537 e. The summed E-state index contributed by atoms with van der Waals surface area (Å²) in [5.41, 5.74) is 3.67. The van der Waals surface area contributed by atoms with Gasteiger partial charge in [-0.15, -0.1) is 0 Å². The minimum Gasteiger partial charge on any atom is -0.308 e. The summed E-state index contributed by atoms with van der Waals surface area (Å²) in [5.74, 6) is 0. The molecule has 17 heavy (non-hydrogen) atoms. The number of hydrogen-bond donors (Lipinski definition) is 1. The second kappa shape index (κ2) is 5.14. The second-order valence-corrected chi connectivity index (χ2v) is 4.19. The van der Waals surface area contributed by atoms with Crippen molar-refractivity contribution in [1.82, 2.24) is 24.9 Å². The van der Waals surface area contributed by atoms with Crippen LogP contribution in [0.5, 0.6) is 0 Å². The van der Waals surface area contributed by atoms with Gasteiger partial charge in [-0.25, -0.2) is 0 Å². The maximum Gasteiger partial charge on any atom is 0.0537 e. The van der Waals surface area contributed by atoms with Crippen LogP contribution < -0.4 is 5.32 Å². The van der Waals surface area contributed by atoms with Gasteiger partial charge in [-0.05, 0) is 13.8 Å². The van der Waals surface area contributed by atoms with Crippen LogP contribution in [0.1, 0.15) is 23.7 Å². The van der Waals surface area contributed by atoms with Gasteiger partial charge in [-0.2, -0.15) is 10.2 Å². The van der Waals surface area contributed by atoms with Crippen molar-refractivity contribution in [3.8, 4) is 0 Å². The molecule has 0 radical (unpaired) electrons. The summed E-state index contributed by atoms with van der Waals surface area (Å²) in [7, 11) is 1.96. The number of aryl methyl sites for hydroxylation is 2. The number of rotatable bonds is 5. The zero-order valence-electron chi connectivity index (χ0n) is 10.6. The zero-order valence-corrected chi connectivity index (χ0v) is 10.6. The maximum absolute atomic E-state index is 4.24. The molecule has 0 saturated heterocycles. The molecule has 0 unspecified atom stereocenters. The molecule has 0 spiro atoms. The Hall–Kier alpha value is -1.62. The topological polar surface area (TPSA) is 47.7 Å². The van der Waals surface area contributed by atoms with Crippen LogP contribution in [0.2, 0.25) is 0 Å². The molecule has 0 aromatic carbocycles. The van der Waals surface area contributed by atoms with E-state index >= 15 is 0 Å². The van der Waals surface area contributed by atoms with Crippen molar-refractivity contribution in [2.24, 2.45) is 7.05 Å². The molecule has 0 atom stereocenters. The van der Waals surface area contributed by atoms with E-state index in [4.69, 9.17) is 0 Å². The molecular weight excluding hydrogens is 214 g/mol. The number of hydrogen-bond acceptors (Lipinski definition) is 3. The fourth-order valence-corrected chi connectivity index (χ4v) is 1.73. The lowest BCUT2D eigenvalue weighted by atomic mass is 10.2. The van der Waals surface area contributed by atoms with E-state index in [0.29, 0.717) is 0 Å². The molecule has 2 aromatic heterocycles. The van der Waals surface area contributed by atoms with Gasteiger partial charge < -0.3 is 5.32 Å². The van der Waals surface area contributed by atoms with Crippen LogP contribution in [0.4, 0.5) is 0 Å². The first kappa shape index (κ1) is 11.9. The van der Waals surface area contributed by atoms with Gasteiger partial charge in [0.25, 0.3) is 0 Å². The van der Waals surface area contributed by atoms with Gasteiger partial charge in [0.2, 0.25) is 0 Å². The maximum atomic E-state index is 4.24. The third kappa shape index (κ3) is 2.74. The molecule has 2 heterocycles. The van der Waals surface area contributed by atoms with E-state index in [1.54, 1.807) is 0 Å². The van der Waals surface area contributed by atoms with Crippen molar-refractivity contribution in [3.05, 3.63) is 35.4 Å². The third-order valence-corrected chi connectivity index (χ3v) is 2.99. The summed E-state index contributed by atoms with van der Waals surface area (Å²) in [5, 5.41) is 11.9. The van der Waals surface area contributed by atoms with E-state index in [-0.39, 0.29) is 0 Å². The SMILES string of the molecule is CCn1cc(CNCc2cnn(C)c2C)cn1. The Balaban J connectivity index is 1.85. The summed E-state index contributed by atoms with van der Waals surface area (Å²) in [4.78, 5) is 0. The molecule has 0 aliphatic heterocycles. The van der Waals surface area contributed by atoms with E-state index in [9.17, 15) is 0 Å². The number of nitrogens with one attached hydrogen (secondary N) is 1. The average molecular weight is 233 g/mol. The van der Waals surface area contributed by atoms with Crippen LogP contribution in [0, 0.1) is 6.92 Å². The van der Waals surface area contributed by atoms with Crippen molar-refractivity contribution in [2.75, 3.05) is 0 Å². The fraction of sp³-hybridized carbons (Fsp3) is 0.500. The molecule has 1 N–H and O–H groups in total. The van der Waals surface area contributed by atoms with Crippen molar-refractivity contribution < 1.29 is 0 Å². The summed E-state index contributed by atoms with van der Waals surface area (Å²) in [6.45, 7) is 6.77. The first-order valence-electron chi connectivity index (χ1n) is 5.90. The highest BCUT2D eigenvalue weighted by Gasteiger charge is 2.03. The van der Waals surface area contributed by atoms with Crippen LogP contribution in [-0.2, 0) is 26.7 Å². The van der Waals surface area contributed by atoms with E-state index in [1.807, 2.05) is 28.8 Å². The Labute approximate surface area is 101 Å². The van der Waals surface area contributed by atoms with Gasteiger partial charge in [0, 0.05) is 49.7 Å². The molecule has 0 bridgehead atoms. The Bertz CT molecular complexity index is 483. The standard InChI is InChI=1S/C12H19N5/c1-4-17-9-11(6-15-17)5-13-7-12-8-14-16(3)10(12)2/h6,8-9,13H,4-5,7H2,1-3H3. The van der Waals surface area contributed by atoms with Gasteiger partial charge in [-0.1, -0.05) is 0 Å². The molecular formula is C12H19N5. The van der Waals surface area contributed by atoms with Gasteiger partial charge >= 0.3 is 0 Å². The molecule has 0 aliphatic rings. The van der Waals surface area contributed by atoms with E-state index in [0.717, 1.165) is 19.6 Å². The molecule has 5 nitrogen and oxygen atoms in total. The highest BCUT2D eigenvalue weighted by Crippen LogP contribution is 2.05. The molecule has 92 valence electrons. The van der Waals surface area contributed by atoms with Crippen LogP contribution in [-0.4, -0.2) is 19.6 Å². The molecule has 0 saturated carbocycles. The van der Waals surface area contributed by atoms with Gasteiger partial charge in [0.15, 0.2) is 0 Å². The largest absolute Gasteiger partial charge is 0.308 e. The Kier molecular flexibility index (Phi) is 3.58. The van der Waals surface area contributed by atoms with Crippen molar-refractivity contribution in [1.29, 1.82) is 0 Å². The summed E-state index contributed by atoms with van der Waals surface area (Å²) < 4.78 is 3.83. The average Bonchev–Trinajstić information content (AvgIpc) is 2.90. The first-order chi connectivity index (χ1) is 8.20. The van der Waals surface area contributed by atoms with Crippen LogP contribution in [0.25, 0.3) is 0 Å². The summed E-state index contributed by atoms with van der Waals surface area (Å²) in [6.07, 6.45) is 5.90. The first-order valence-corrected chi connectivity index (χ1v) is 5.90. The summed E-state index contributed by atoms with van der Waals surface area (Å²) in [6, 6.07) is 0. The monoisotopic (exact) mass is 233 g/mol. The molecule has 5 heteroatoms. The lowest BCUT2D eigenvalue weighted by Crippen LogP contribution is -2.12. The molecule has 0 aliphatic carbocycles. The Morgan fingerprint density at radius 2 is 2.06 bits per heavy atom. The van der Waals surface area contributed by atoms with E-state index in [1.165, 1.54) is 16.8 Å². The van der Waals surface area contributed by atoms with Crippen molar-refractivity contribution in [2.45, 2.75) is 33.5 Å². The lowest BCUT2D eigenvalue weighted by Gasteiger charge is -2.02. The van der Waals surface area contributed by atoms with Gasteiger partial charge in [0.05, 0.1) is 12.4 Å². The van der Waals surface area contributed by atoms with E-state index in [2.05, 4.69) is 35.6 Å². The normalized spacial score (nSPS) is 11.0. The van der Waals surface area contributed by atoms with Crippen LogP contribution in [0.15, 0.2) is 18.6 Å². The van der Waals surface area contributed by atoms with E-state index < -0.39 is 0 Å².